The first-order valence-electron chi connectivity index (χ1n) is 6.66. The van der Waals surface area contributed by atoms with Gasteiger partial charge < -0.3 is 4.74 Å². The highest BCUT2D eigenvalue weighted by atomic mass is 35.5. The van der Waals surface area contributed by atoms with Gasteiger partial charge in [-0.25, -0.2) is 0 Å². The van der Waals surface area contributed by atoms with Crippen molar-refractivity contribution in [1.82, 2.24) is 19.6 Å². The molecular formula is C13H17ClN4O. The molecule has 0 spiro atoms. The molecule has 1 fully saturated rings. The van der Waals surface area contributed by atoms with Gasteiger partial charge in [-0.1, -0.05) is 25.4 Å². The Balaban J connectivity index is 1.83. The van der Waals surface area contributed by atoms with Crippen LogP contribution >= 0.6 is 11.6 Å². The third kappa shape index (κ3) is 2.52. The van der Waals surface area contributed by atoms with Gasteiger partial charge in [0.1, 0.15) is 17.6 Å². The van der Waals surface area contributed by atoms with Crippen LogP contribution in [0.3, 0.4) is 0 Å². The van der Waals surface area contributed by atoms with Crippen molar-refractivity contribution in [2.45, 2.75) is 39.2 Å². The maximum Gasteiger partial charge on any atom is 0.256 e. The van der Waals surface area contributed by atoms with Crippen molar-refractivity contribution in [2.75, 3.05) is 0 Å². The maximum absolute atomic E-state index is 6.06. The summed E-state index contributed by atoms with van der Waals surface area (Å²) in [7, 11) is 0. The fourth-order valence-electron chi connectivity index (χ4n) is 2.62. The van der Waals surface area contributed by atoms with Crippen molar-refractivity contribution < 1.29 is 4.74 Å². The van der Waals surface area contributed by atoms with Crippen molar-refractivity contribution in [3.8, 4) is 5.88 Å². The third-order valence-electron chi connectivity index (χ3n) is 4.03. The minimum absolute atomic E-state index is 0.220. The van der Waals surface area contributed by atoms with Crippen LogP contribution in [0.5, 0.6) is 5.88 Å². The largest absolute Gasteiger partial charge is 0.474 e. The Bertz CT molecular complexity index is 585. The Morgan fingerprint density at radius 3 is 2.95 bits per heavy atom. The quantitative estimate of drug-likeness (QED) is 0.794. The van der Waals surface area contributed by atoms with Gasteiger partial charge in [0.2, 0.25) is 5.88 Å². The Morgan fingerprint density at radius 1 is 1.32 bits per heavy atom. The van der Waals surface area contributed by atoms with Crippen LogP contribution in [-0.2, 0) is 0 Å². The molecule has 1 aliphatic carbocycles. The highest BCUT2D eigenvalue weighted by Gasteiger charge is 2.26. The van der Waals surface area contributed by atoms with Crippen LogP contribution in [0.4, 0.5) is 0 Å². The van der Waals surface area contributed by atoms with Crippen molar-refractivity contribution in [3.63, 3.8) is 0 Å². The van der Waals surface area contributed by atoms with Crippen LogP contribution in [-0.4, -0.2) is 25.7 Å². The van der Waals surface area contributed by atoms with Crippen LogP contribution in [0.2, 0.25) is 5.15 Å². The Morgan fingerprint density at radius 2 is 2.16 bits per heavy atom. The Hall–Kier alpha value is -1.36. The van der Waals surface area contributed by atoms with E-state index in [1.165, 1.54) is 12.7 Å². The lowest BCUT2D eigenvalue weighted by Crippen LogP contribution is -2.29. The van der Waals surface area contributed by atoms with E-state index in [1.807, 2.05) is 0 Å². The van der Waals surface area contributed by atoms with Crippen LogP contribution in [0.25, 0.3) is 5.78 Å². The van der Waals surface area contributed by atoms with Gasteiger partial charge in [0.05, 0.1) is 0 Å². The van der Waals surface area contributed by atoms with Gasteiger partial charge in [-0.15, -0.1) is 0 Å². The van der Waals surface area contributed by atoms with Gasteiger partial charge in [0.25, 0.3) is 5.78 Å². The van der Waals surface area contributed by atoms with Gasteiger partial charge >= 0.3 is 0 Å². The van der Waals surface area contributed by atoms with E-state index < -0.39 is 0 Å². The average Bonchev–Trinajstić information content (AvgIpc) is 2.82. The fraction of sp³-hybridized carbons (Fsp3) is 0.615. The molecule has 6 heteroatoms. The third-order valence-corrected chi connectivity index (χ3v) is 4.22. The van der Waals surface area contributed by atoms with Gasteiger partial charge in [0, 0.05) is 6.07 Å². The molecule has 0 amide bonds. The number of halogens is 1. The van der Waals surface area contributed by atoms with E-state index in [2.05, 4.69) is 28.9 Å². The first-order chi connectivity index (χ1) is 9.13. The van der Waals surface area contributed by atoms with Gasteiger partial charge in [-0.05, 0) is 31.1 Å². The molecule has 0 radical (unpaired) electrons. The van der Waals surface area contributed by atoms with E-state index >= 15 is 0 Å². The highest BCUT2D eigenvalue weighted by molar-refractivity contribution is 6.29. The van der Waals surface area contributed by atoms with Crippen LogP contribution in [0.1, 0.15) is 33.1 Å². The summed E-state index contributed by atoms with van der Waals surface area (Å²) in [4.78, 5) is 8.13. The summed E-state index contributed by atoms with van der Waals surface area (Å²) in [6.07, 6.45) is 5.01. The van der Waals surface area contributed by atoms with Crippen molar-refractivity contribution in [2.24, 2.45) is 11.8 Å². The SMILES string of the molecule is CC1CCC(Oc2cc(Cl)nc3ncnn23)CC1C. The lowest BCUT2D eigenvalue weighted by atomic mass is 9.80. The number of fused-ring (bicyclic) bond motifs is 1. The maximum atomic E-state index is 6.06. The molecule has 0 N–H and O–H groups in total. The minimum Gasteiger partial charge on any atom is -0.474 e. The number of rotatable bonds is 2. The number of hydrogen-bond acceptors (Lipinski definition) is 4. The number of aromatic nitrogens is 4. The van der Waals surface area contributed by atoms with Crippen molar-refractivity contribution in [1.29, 1.82) is 0 Å². The number of ether oxygens (including phenoxy) is 1. The molecule has 1 saturated carbocycles. The summed E-state index contributed by atoms with van der Waals surface area (Å²) in [6, 6.07) is 1.70. The summed E-state index contributed by atoms with van der Waals surface area (Å²) in [5.74, 6) is 2.55. The molecule has 102 valence electrons. The minimum atomic E-state index is 0.220. The van der Waals surface area contributed by atoms with Crippen molar-refractivity contribution in [3.05, 3.63) is 17.5 Å². The first kappa shape index (κ1) is 12.7. The summed E-state index contributed by atoms with van der Waals surface area (Å²) >= 11 is 5.98. The molecule has 3 rings (SSSR count). The molecule has 3 atom stereocenters. The molecule has 5 nitrogen and oxygen atoms in total. The summed E-state index contributed by atoms with van der Waals surface area (Å²) in [5.41, 5.74) is 0. The first-order valence-corrected chi connectivity index (χ1v) is 7.04. The van der Waals surface area contributed by atoms with Crippen LogP contribution in [0.15, 0.2) is 12.4 Å². The number of hydrogen-bond donors (Lipinski definition) is 0. The van der Waals surface area contributed by atoms with Crippen LogP contribution in [0, 0.1) is 11.8 Å². The molecular weight excluding hydrogens is 264 g/mol. The van der Waals surface area contributed by atoms with E-state index in [-0.39, 0.29) is 6.10 Å². The normalized spacial score (nSPS) is 27.6. The Labute approximate surface area is 117 Å². The van der Waals surface area contributed by atoms with Gasteiger partial charge in [-0.2, -0.15) is 19.6 Å². The molecule has 3 unspecified atom stereocenters. The Kier molecular flexibility index (Phi) is 3.31. The molecule has 0 aliphatic heterocycles. The lowest BCUT2D eigenvalue weighted by Gasteiger charge is -2.32. The predicted molar refractivity (Wildman–Crippen MR) is 72.4 cm³/mol. The average molecular weight is 281 g/mol. The monoisotopic (exact) mass is 280 g/mol. The zero-order valence-corrected chi connectivity index (χ0v) is 11.8. The van der Waals surface area contributed by atoms with E-state index in [0.717, 1.165) is 18.8 Å². The second-order valence-corrected chi connectivity index (χ2v) is 5.78. The molecule has 2 aromatic heterocycles. The highest BCUT2D eigenvalue weighted by Crippen LogP contribution is 2.32. The summed E-state index contributed by atoms with van der Waals surface area (Å²) in [5, 5.41) is 4.50. The van der Waals surface area contributed by atoms with E-state index in [0.29, 0.717) is 22.7 Å². The second kappa shape index (κ2) is 4.96. The molecule has 1 aliphatic rings. The van der Waals surface area contributed by atoms with E-state index in [4.69, 9.17) is 16.3 Å². The van der Waals surface area contributed by atoms with Crippen molar-refractivity contribution >= 4 is 17.4 Å². The zero-order valence-electron chi connectivity index (χ0n) is 11.1. The molecule has 19 heavy (non-hydrogen) atoms. The second-order valence-electron chi connectivity index (χ2n) is 5.40. The molecule has 2 heterocycles. The molecule has 0 saturated heterocycles. The molecule has 2 aromatic rings. The fourth-order valence-corrected chi connectivity index (χ4v) is 2.79. The topological polar surface area (TPSA) is 52.3 Å². The molecule has 0 aromatic carbocycles. The standard InChI is InChI=1S/C13H17ClN4O/c1-8-3-4-10(5-9(8)2)19-12-6-11(14)17-13-15-7-16-18(12)13/h6-10H,3-5H2,1-2H3. The summed E-state index contributed by atoms with van der Waals surface area (Å²) in [6.45, 7) is 4.59. The number of nitrogens with zero attached hydrogens (tertiary/aromatic N) is 4. The van der Waals surface area contributed by atoms with Gasteiger partial charge in [-0.3, -0.25) is 0 Å². The predicted octanol–water partition coefficient (Wildman–Crippen LogP) is 2.98. The van der Waals surface area contributed by atoms with E-state index in [9.17, 15) is 0 Å². The molecule has 0 bridgehead atoms. The summed E-state index contributed by atoms with van der Waals surface area (Å²) < 4.78 is 7.65. The lowest BCUT2D eigenvalue weighted by molar-refractivity contribution is 0.0941. The zero-order chi connectivity index (χ0) is 13.4. The van der Waals surface area contributed by atoms with E-state index in [1.54, 1.807) is 10.6 Å². The van der Waals surface area contributed by atoms with Crippen LogP contribution < -0.4 is 4.74 Å². The van der Waals surface area contributed by atoms with Gasteiger partial charge in [0.15, 0.2) is 0 Å². The smallest absolute Gasteiger partial charge is 0.256 e.